The van der Waals surface area contributed by atoms with E-state index in [1.807, 2.05) is 0 Å². The van der Waals surface area contributed by atoms with Crippen LogP contribution in [0.15, 0.2) is 34.5 Å². The molecule has 1 saturated heterocycles. The molecule has 1 saturated carbocycles. The molecule has 2 amide bonds. The number of ketones is 1. The highest BCUT2D eigenvalue weighted by Crippen LogP contribution is 2.24. The van der Waals surface area contributed by atoms with Crippen molar-refractivity contribution in [3.8, 4) is 0 Å². The summed E-state index contributed by atoms with van der Waals surface area (Å²) in [4.78, 5) is 35.7. The average molecular weight is 415 g/mol. The predicted octanol–water partition coefficient (Wildman–Crippen LogP) is 3.91. The second-order valence-electron chi connectivity index (χ2n) is 7.32. The van der Waals surface area contributed by atoms with E-state index in [0.717, 1.165) is 31.4 Å². The highest BCUT2D eigenvalue weighted by Gasteiger charge is 2.32. The number of benzene rings is 1. The molecule has 2 aliphatic rings. The number of nitrogens with zero attached hydrogens (tertiary/aromatic N) is 2. The Balaban J connectivity index is 1.53. The second-order valence-corrected chi connectivity index (χ2v) is 8.51. The Labute approximate surface area is 174 Å². The molecular formula is C21H26N4O3S. The molecule has 1 atom stereocenters. The molecule has 0 unspecified atom stereocenters. The lowest BCUT2D eigenvalue weighted by Crippen LogP contribution is -2.28. The van der Waals surface area contributed by atoms with Crippen LogP contribution >= 0.6 is 11.8 Å². The number of Topliss-reactive ketones (excluding diaryl/α,β-unsaturated/α-hetero) is 1. The van der Waals surface area contributed by atoms with E-state index in [0.29, 0.717) is 16.4 Å². The van der Waals surface area contributed by atoms with Crippen LogP contribution in [0.25, 0.3) is 0 Å². The summed E-state index contributed by atoms with van der Waals surface area (Å²) in [6.07, 6.45) is 8.00. The lowest BCUT2D eigenvalue weighted by atomic mass is 9.99. The Morgan fingerprint density at radius 2 is 1.72 bits per heavy atom. The van der Waals surface area contributed by atoms with Crippen molar-refractivity contribution >= 4 is 45.9 Å². The summed E-state index contributed by atoms with van der Waals surface area (Å²) in [5.74, 6) is -0.522. The minimum atomic E-state index is -0.525. The Hall–Kier alpha value is -2.48. The van der Waals surface area contributed by atoms with E-state index >= 15 is 0 Å². The molecule has 1 aromatic carbocycles. The number of carbonyl (C=O) groups excluding carboxylic acids is 3. The van der Waals surface area contributed by atoms with Gasteiger partial charge in [0.2, 0.25) is 11.8 Å². The summed E-state index contributed by atoms with van der Waals surface area (Å²) in [6, 6.07) is 6.67. The highest BCUT2D eigenvalue weighted by molar-refractivity contribution is 8.15. The topological polar surface area (TPSA) is 100.0 Å². The van der Waals surface area contributed by atoms with Crippen molar-refractivity contribution < 1.29 is 14.4 Å². The molecule has 0 radical (unpaired) electrons. The fourth-order valence-corrected chi connectivity index (χ4v) is 4.20. The molecule has 0 aromatic heterocycles. The van der Waals surface area contributed by atoms with E-state index in [-0.39, 0.29) is 24.0 Å². The smallest absolute Gasteiger partial charge is 0.240 e. The van der Waals surface area contributed by atoms with Crippen LogP contribution in [0.5, 0.6) is 0 Å². The Kier molecular flexibility index (Phi) is 7.57. The average Bonchev–Trinajstić information content (AvgIpc) is 3.00. The van der Waals surface area contributed by atoms with Gasteiger partial charge in [-0.1, -0.05) is 31.0 Å². The number of nitrogens with one attached hydrogen (secondary N) is 2. The van der Waals surface area contributed by atoms with Gasteiger partial charge in [0.05, 0.1) is 0 Å². The van der Waals surface area contributed by atoms with Crippen LogP contribution in [0.4, 0.5) is 5.69 Å². The molecule has 7 nitrogen and oxygen atoms in total. The third kappa shape index (κ3) is 6.52. The lowest BCUT2D eigenvalue weighted by Gasteiger charge is -2.09. The summed E-state index contributed by atoms with van der Waals surface area (Å²) in [5, 5.41) is 13.9. The first kappa shape index (κ1) is 21.2. The molecule has 1 aliphatic carbocycles. The third-order valence-electron chi connectivity index (χ3n) is 4.94. The van der Waals surface area contributed by atoms with Gasteiger partial charge in [0, 0.05) is 23.4 Å². The largest absolute Gasteiger partial charge is 0.326 e. The van der Waals surface area contributed by atoms with Crippen molar-refractivity contribution in [3.63, 3.8) is 0 Å². The molecule has 8 heteroatoms. The van der Waals surface area contributed by atoms with Crippen LogP contribution in [0, 0.1) is 0 Å². The van der Waals surface area contributed by atoms with E-state index in [1.54, 1.807) is 24.3 Å². The number of hydrogen-bond acceptors (Lipinski definition) is 6. The zero-order valence-corrected chi connectivity index (χ0v) is 17.4. The lowest BCUT2D eigenvalue weighted by molar-refractivity contribution is -0.122. The monoisotopic (exact) mass is 414 g/mol. The molecule has 0 spiro atoms. The molecular weight excluding hydrogens is 388 g/mol. The van der Waals surface area contributed by atoms with Gasteiger partial charge in [-0.05, 0) is 56.9 Å². The fourth-order valence-electron chi connectivity index (χ4n) is 3.28. The van der Waals surface area contributed by atoms with Crippen molar-refractivity contribution in [2.45, 2.75) is 63.5 Å². The molecule has 154 valence electrons. The highest BCUT2D eigenvalue weighted by atomic mass is 32.2. The van der Waals surface area contributed by atoms with Crippen LogP contribution < -0.4 is 10.6 Å². The Morgan fingerprint density at radius 3 is 2.38 bits per heavy atom. The van der Waals surface area contributed by atoms with Gasteiger partial charge in [-0.15, -0.1) is 5.10 Å². The van der Waals surface area contributed by atoms with Gasteiger partial charge in [0.25, 0.3) is 0 Å². The van der Waals surface area contributed by atoms with Crippen molar-refractivity contribution in [1.82, 2.24) is 5.32 Å². The summed E-state index contributed by atoms with van der Waals surface area (Å²) in [5.41, 5.74) is 2.26. The van der Waals surface area contributed by atoms with Crippen LogP contribution in [-0.4, -0.2) is 33.7 Å². The number of rotatable bonds is 5. The van der Waals surface area contributed by atoms with E-state index in [1.165, 1.54) is 37.9 Å². The van der Waals surface area contributed by atoms with Gasteiger partial charge >= 0.3 is 0 Å². The van der Waals surface area contributed by atoms with Crippen LogP contribution in [0.2, 0.25) is 0 Å². The zero-order valence-electron chi connectivity index (χ0n) is 16.6. The second kappa shape index (κ2) is 10.3. The zero-order chi connectivity index (χ0) is 20.6. The molecule has 29 heavy (non-hydrogen) atoms. The fraction of sp³-hybridized carbons (Fsp3) is 0.476. The van der Waals surface area contributed by atoms with Gasteiger partial charge in [-0.2, -0.15) is 5.10 Å². The first-order chi connectivity index (χ1) is 14.0. The summed E-state index contributed by atoms with van der Waals surface area (Å²) < 4.78 is 0. The minimum Gasteiger partial charge on any atom is -0.326 e. The van der Waals surface area contributed by atoms with E-state index < -0.39 is 5.25 Å². The van der Waals surface area contributed by atoms with Crippen LogP contribution in [-0.2, 0) is 9.59 Å². The number of amides is 2. The number of thioether (sulfide) groups is 1. The Morgan fingerprint density at radius 1 is 1.07 bits per heavy atom. The number of carbonyl (C=O) groups is 3. The molecule has 2 N–H and O–H groups in total. The number of anilines is 1. The third-order valence-corrected chi connectivity index (χ3v) is 6.01. The summed E-state index contributed by atoms with van der Waals surface area (Å²) in [7, 11) is 0. The van der Waals surface area contributed by atoms with Gasteiger partial charge in [-0.25, -0.2) is 0 Å². The number of hydrogen-bond donors (Lipinski definition) is 2. The van der Waals surface area contributed by atoms with Crippen molar-refractivity contribution in [1.29, 1.82) is 0 Å². The molecule has 1 aromatic rings. The van der Waals surface area contributed by atoms with Gasteiger partial charge in [0.15, 0.2) is 11.0 Å². The maximum Gasteiger partial charge on any atom is 0.240 e. The van der Waals surface area contributed by atoms with E-state index in [9.17, 15) is 14.4 Å². The first-order valence-electron chi connectivity index (χ1n) is 10.0. The SMILES string of the molecule is CC(=O)c1ccc(NC(=O)C[C@@H]2S/C(=N/N=C3CCCCCCC3)NC2=O)cc1. The van der Waals surface area contributed by atoms with Crippen molar-refractivity contribution in [2.24, 2.45) is 10.2 Å². The molecule has 2 fully saturated rings. The normalized spacial score (nSPS) is 21.3. The first-order valence-corrected chi connectivity index (χ1v) is 10.9. The van der Waals surface area contributed by atoms with Gasteiger partial charge in [-0.3, -0.25) is 14.4 Å². The Bertz CT molecular complexity index is 823. The van der Waals surface area contributed by atoms with Crippen molar-refractivity contribution in [2.75, 3.05) is 5.32 Å². The van der Waals surface area contributed by atoms with Crippen LogP contribution in [0.3, 0.4) is 0 Å². The summed E-state index contributed by atoms with van der Waals surface area (Å²) in [6.45, 7) is 1.49. The molecule has 1 heterocycles. The van der Waals surface area contributed by atoms with E-state index in [2.05, 4.69) is 20.8 Å². The summed E-state index contributed by atoms with van der Waals surface area (Å²) >= 11 is 1.24. The molecule has 1 aliphatic heterocycles. The quantitative estimate of drug-likeness (QED) is 0.564. The minimum absolute atomic E-state index is 0.0308. The van der Waals surface area contributed by atoms with Gasteiger partial charge < -0.3 is 10.6 Å². The molecule has 3 rings (SSSR count). The number of amidine groups is 1. The predicted molar refractivity (Wildman–Crippen MR) is 116 cm³/mol. The standard InChI is InChI=1S/C21H26N4O3S/c1-14(26)15-9-11-16(12-10-15)22-19(27)13-18-20(28)23-21(29-18)25-24-17-7-5-3-2-4-6-8-17/h9-12,18H,2-8,13H2,1H3,(H,22,27)(H,23,25,28)/t18-/m0/s1. The maximum atomic E-state index is 12.3. The molecule has 0 bridgehead atoms. The van der Waals surface area contributed by atoms with Crippen LogP contribution in [0.1, 0.15) is 68.6 Å². The van der Waals surface area contributed by atoms with E-state index in [4.69, 9.17) is 0 Å². The van der Waals surface area contributed by atoms with Crippen molar-refractivity contribution in [3.05, 3.63) is 29.8 Å². The maximum absolute atomic E-state index is 12.3. The van der Waals surface area contributed by atoms with Gasteiger partial charge in [0.1, 0.15) is 5.25 Å².